The van der Waals surface area contributed by atoms with Crippen LogP contribution in [0.3, 0.4) is 0 Å². The van der Waals surface area contributed by atoms with E-state index in [4.69, 9.17) is 19.2 Å². The summed E-state index contributed by atoms with van der Waals surface area (Å²) < 4.78 is 17.3. The van der Waals surface area contributed by atoms with Gasteiger partial charge in [-0.25, -0.2) is 9.78 Å². The van der Waals surface area contributed by atoms with Gasteiger partial charge in [-0.3, -0.25) is 0 Å². The van der Waals surface area contributed by atoms with Gasteiger partial charge in [0, 0.05) is 27.9 Å². The second kappa shape index (κ2) is 8.24. The molecule has 1 atom stereocenters. The predicted molar refractivity (Wildman–Crippen MR) is 125 cm³/mol. The van der Waals surface area contributed by atoms with Gasteiger partial charge in [0.15, 0.2) is 6.10 Å². The number of hydrogen-bond donors (Lipinski definition) is 1. The molecule has 1 aliphatic rings. The molecule has 2 aromatic heterocycles. The summed E-state index contributed by atoms with van der Waals surface area (Å²) in [5.74, 6) is 0.498. The Kier molecular flexibility index (Phi) is 5.76. The minimum Gasteiger partial charge on any atom is -0.493 e. The smallest absolute Gasteiger partial charge is 0.339 e. The number of rotatable bonds is 4. The average molecular weight is 437 g/mol. The van der Waals surface area contributed by atoms with Gasteiger partial charge in [-0.2, -0.15) is 0 Å². The molecule has 0 saturated carbocycles. The summed E-state index contributed by atoms with van der Waals surface area (Å²) in [6, 6.07) is 6.27. The molecule has 0 unspecified atom stereocenters. The predicted octanol–water partition coefficient (Wildman–Crippen LogP) is 5.51. The molecule has 0 amide bonds. The van der Waals surface area contributed by atoms with E-state index in [0.717, 1.165) is 69.9 Å². The van der Waals surface area contributed by atoms with Crippen LogP contribution >= 0.6 is 0 Å². The summed E-state index contributed by atoms with van der Waals surface area (Å²) in [5, 5.41) is 1.01. The maximum Gasteiger partial charge on any atom is 0.339 e. The zero-order valence-electron chi connectivity index (χ0n) is 20.0. The molecule has 6 nitrogen and oxygen atoms in total. The van der Waals surface area contributed by atoms with Crippen molar-refractivity contribution in [3.05, 3.63) is 46.3 Å². The first-order valence-electron chi connectivity index (χ1n) is 11.1. The van der Waals surface area contributed by atoms with Crippen LogP contribution in [0.15, 0.2) is 18.2 Å². The van der Waals surface area contributed by atoms with Crippen molar-refractivity contribution in [2.45, 2.75) is 66.1 Å². The number of aromatic amines is 1. The fourth-order valence-electron chi connectivity index (χ4n) is 4.45. The minimum absolute atomic E-state index is 0.434. The number of aromatic nitrogens is 2. The van der Waals surface area contributed by atoms with Crippen LogP contribution in [-0.4, -0.2) is 35.3 Å². The summed E-state index contributed by atoms with van der Waals surface area (Å²) in [5.41, 5.74) is 7.07. The molecule has 0 spiro atoms. The van der Waals surface area contributed by atoms with Crippen molar-refractivity contribution in [2.75, 3.05) is 13.7 Å². The van der Waals surface area contributed by atoms with Crippen molar-refractivity contribution >= 4 is 17.0 Å². The lowest BCUT2D eigenvalue weighted by Crippen LogP contribution is -2.29. The van der Waals surface area contributed by atoms with Gasteiger partial charge in [-0.15, -0.1) is 0 Å². The van der Waals surface area contributed by atoms with Gasteiger partial charge in [-0.05, 0) is 83.2 Å². The maximum absolute atomic E-state index is 13.0. The van der Waals surface area contributed by atoms with Gasteiger partial charge in [0.25, 0.3) is 0 Å². The number of carbonyl (C=O) groups excluding carboxylic acids is 1. The molecule has 6 heteroatoms. The van der Waals surface area contributed by atoms with Crippen LogP contribution in [0.5, 0.6) is 5.75 Å². The molecule has 0 radical (unpaired) electrons. The Morgan fingerprint density at radius 2 is 1.97 bits per heavy atom. The number of methoxy groups -OCH3 is 1. The largest absolute Gasteiger partial charge is 0.493 e. The number of nitrogens with zero attached hydrogens (tertiary/aromatic N) is 1. The fraction of sp³-hybridized carbons (Fsp3) is 0.462. The number of nitrogens with one attached hydrogen (secondary N) is 1. The number of esters is 1. The van der Waals surface area contributed by atoms with Gasteiger partial charge in [0.1, 0.15) is 11.4 Å². The summed E-state index contributed by atoms with van der Waals surface area (Å²) in [6.07, 6.45) is 1.07. The highest BCUT2D eigenvalue weighted by Crippen LogP contribution is 2.42. The lowest BCUT2D eigenvalue weighted by molar-refractivity contribution is -0.164. The van der Waals surface area contributed by atoms with Gasteiger partial charge < -0.3 is 19.2 Å². The van der Waals surface area contributed by atoms with Crippen LogP contribution in [0.4, 0.5) is 0 Å². The van der Waals surface area contributed by atoms with E-state index in [2.05, 4.69) is 24.0 Å². The molecule has 0 saturated heterocycles. The highest BCUT2D eigenvalue weighted by Gasteiger charge is 2.34. The second-order valence-electron chi connectivity index (χ2n) is 9.49. The third kappa shape index (κ3) is 3.99. The number of benzene rings is 1. The summed E-state index contributed by atoms with van der Waals surface area (Å²) in [6.45, 7) is 12.6. The van der Waals surface area contributed by atoms with Crippen molar-refractivity contribution in [2.24, 2.45) is 0 Å². The zero-order valence-corrected chi connectivity index (χ0v) is 20.0. The highest BCUT2D eigenvalue weighted by atomic mass is 16.6. The number of hydrogen-bond acceptors (Lipinski definition) is 5. The van der Waals surface area contributed by atoms with Crippen molar-refractivity contribution in [3.63, 3.8) is 0 Å². The maximum atomic E-state index is 13.0. The number of H-pyrrole nitrogens is 1. The van der Waals surface area contributed by atoms with E-state index >= 15 is 0 Å². The molecule has 3 aromatic rings. The Bertz CT molecular complexity index is 1190. The van der Waals surface area contributed by atoms with Crippen LogP contribution in [0.25, 0.3) is 22.2 Å². The summed E-state index contributed by atoms with van der Waals surface area (Å²) in [4.78, 5) is 21.2. The van der Waals surface area contributed by atoms with E-state index in [1.807, 2.05) is 40.7 Å². The summed E-state index contributed by atoms with van der Waals surface area (Å²) in [7, 11) is 1.39. The lowest BCUT2D eigenvalue weighted by atomic mass is 9.89. The Morgan fingerprint density at radius 1 is 1.22 bits per heavy atom. The zero-order chi connectivity index (χ0) is 23.2. The molecule has 0 bridgehead atoms. The highest BCUT2D eigenvalue weighted by molar-refractivity contribution is 6.00. The molecule has 1 aromatic carbocycles. The van der Waals surface area contributed by atoms with Gasteiger partial charge in [0.2, 0.25) is 0 Å². The van der Waals surface area contributed by atoms with Crippen molar-refractivity contribution < 1.29 is 19.0 Å². The average Bonchev–Trinajstić information content (AvgIpc) is 3.02. The van der Waals surface area contributed by atoms with Crippen LogP contribution in [-0.2, 0) is 20.7 Å². The first-order valence-corrected chi connectivity index (χ1v) is 11.1. The van der Waals surface area contributed by atoms with E-state index < -0.39 is 17.7 Å². The van der Waals surface area contributed by atoms with E-state index in [9.17, 15) is 4.79 Å². The Morgan fingerprint density at radius 3 is 2.66 bits per heavy atom. The number of ether oxygens (including phenoxy) is 3. The number of aryl methyl sites for hydroxylation is 4. The molecular formula is C26H32N2O4. The quantitative estimate of drug-likeness (QED) is 0.546. The molecule has 0 aliphatic carbocycles. The van der Waals surface area contributed by atoms with Crippen molar-refractivity contribution in [3.8, 4) is 16.9 Å². The monoisotopic (exact) mass is 436 g/mol. The number of fused-ring (bicyclic) bond motifs is 2. The van der Waals surface area contributed by atoms with Gasteiger partial charge >= 0.3 is 5.97 Å². The van der Waals surface area contributed by atoms with Gasteiger partial charge in [0.05, 0.1) is 19.3 Å². The lowest BCUT2D eigenvalue weighted by Gasteiger charge is -2.29. The molecule has 1 aliphatic heterocycles. The third-order valence-corrected chi connectivity index (χ3v) is 6.01. The SMILES string of the molecule is COC(=O)[C@@H](OC(C)(C)C)c1c(C)nc2[nH]c(C)c(C)c2c1-c1ccc2c(c1)CCCO2. The minimum atomic E-state index is -0.895. The second-order valence-corrected chi connectivity index (χ2v) is 9.49. The van der Waals surface area contributed by atoms with E-state index in [-0.39, 0.29) is 0 Å². The topological polar surface area (TPSA) is 73.4 Å². The van der Waals surface area contributed by atoms with Crippen LogP contribution in [0, 0.1) is 20.8 Å². The Hall–Kier alpha value is -2.86. The van der Waals surface area contributed by atoms with Crippen LogP contribution in [0.1, 0.15) is 61.4 Å². The molecule has 1 N–H and O–H groups in total. The standard InChI is InChI=1S/C26H32N2O4/c1-14-15(2)27-24-20(14)22(18-10-11-19-17(13-18)9-8-12-31-19)21(16(3)28-24)23(25(29)30-7)32-26(4,5)6/h10-11,13,23H,8-9,12H2,1-7H3,(H,27,28)/t23-/m0/s1. The number of carbonyl (C=O) groups is 1. The van der Waals surface area contributed by atoms with Gasteiger partial charge in [-0.1, -0.05) is 6.07 Å². The molecule has 4 rings (SSSR count). The van der Waals surface area contributed by atoms with E-state index in [0.29, 0.717) is 0 Å². The first-order chi connectivity index (χ1) is 15.1. The van der Waals surface area contributed by atoms with E-state index in [1.54, 1.807) is 0 Å². The molecule has 170 valence electrons. The summed E-state index contributed by atoms with van der Waals surface area (Å²) >= 11 is 0. The molecule has 32 heavy (non-hydrogen) atoms. The first kappa shape index (κ1) is 22.3. The Labute approximate surface area is 189 Å². The Balaban J connectivity index is 2.06. The normalized spacial score (nSPS) is 14.7. The van der Waals surface area contributed by atoms with Crippen LogP contribution < -0.4 is 4.74 Å². The fourth-order valence-corrected chi connectivity index (χ4v) is 4.45. The third-order valence-electron chi connectivity index (χ3n) is 6.01. The number of pyridine rings is 1. The van der Waals surface area contributed by atoms with Crippen molar-refractivity contribution in [1.82, 2.24) is 9.97 Å². The van der Waals surface area contributed by atoms with Crippen LogP contribution in [0.2, 0.25) is 0 Å². The molecule has 0 fully saturated rings. The van der Waals surface area contributed by atoms with E-state index in [1.165, 1.54) is 12.7 Å². The molecular weight excluding hydrogens is 404 g/mol. The van der Waals surface area contributed by atoms with Crippen molar-refractivity contribution in [1.29, 1.82) is 0 Å². The molecule has 3 heterocycles.